The van der Waals surface area contributed by atoms with Crippen molar-refractivity contribution in [1.29, 1.82) is 0 Å². The SMILES string of the molecule is CC(C)CNc1nc2c(c(=O)n(Cc3ccccc3)c(=O)n2C)n1Cc1ccccc1. The van der Waals surface area contributed by atoms with E-state index in [1.54, 1.807) is 7.05 Å². The highest BCUT2D eigenvalue weighted by molar-refractivity contribution is 5.74. The number of rotatable bonds is 7. The molecule has 0 atom stereocenters. The van der Waals surface area contributed by atoms with Crippen LogP contribution in [0.25, 0.3) is 11.2 Å². The minimum absolute atomic E-state index is 0.216. The van der Waals surface area contributed by atoms with Gasteiger partial charge in [-0.15, -0.1) is 0 Å². The number of aryl methyl sites for hydroxylation is 1. The van der Waals surface area contributed by atoms with Gasteiger partial charge in [-0.3, -0.25) is 18.5 Å². The van der Waals surface area contributed by atoms with E-state index in [2.05, 4.69) is 24.1 Å². The van der Waals surface area contributed by atoms with Crippen LogP contribution in [-0.4, -0.2) is 25.2 Å². The van der Waals surface area contributed by atoms with E-state index in [1.807, 2.05) is 65.2 Å². The van der Waals surface area contributed by atoms with Crippen molar-refractivity contribution < 1.29 is 0 Å². The number of benzene rings is 2. The van der Waals surface area contributed by atoms with Crippen LogP contribution < -0.4 is 16.6 Å². The largest absolute Gasteiger partial charge is 0.355 e. The second-order valence-electron chi connectivity index (χ2n) is 8.17. The van der Waals surface area contributed by atoms with Crippen LogP contribution in [0.2, 0.25) is 0 Å². The van der Waals surface area contributed by atoms with Crippen LogP contribution in [0, 0.1) is 5.92 Å². The van der Waals surface area contributed by atoms with Crippen molar-refractivity contribution in [3.05, 3.63) is 92.6 Å². The summed E-state index contributed by atoms with van der Waals surface area (Å²) >= 11 is 0. The fourth-order valence-electron chi connectivity index (χ4n) is 3.63. The topological polar surface area (TPSA) is 73.8 Å². The van der Waals surface area contributed by atoms with Crippen LogP contribution in [-0.2, 0) is 20.1 Å². The molecule has 0 fully saturated rings. The molecular formula is C24H27N5O2. The van der Waals surface area contributed by atoms with E-state index >= 15 is 0 Å². The normalized spacial score (nSPS) is 11.4. The molecule has 160 valence electrons. The molecule has 0 aliphatic carbocycles. The molecule has 31 heavy (non-hydrogen) atoms. The second kappa shape index (κ2) is 8.63. The van der Waals surface area contributed by atoms with Crippen molar-refractivity contribution in [3.8, 4) is 0 Å². The first kappa shape index (κ1) is 20.7. The summed E-state index contributed by atoms with van der Waals surface area (Å²) in [6, 6.07) is 19.5. The van der Waals surface area contributed by atoms with Crippen LogP contribution in [0.4, 0.5) is 5.95 Å². The maximum atomic E-state index is 13.5. The first-order chi connectivity index (χ1) is 15.0. The van der Waals surface area contributed by atoms with Crippen LogP contribution in [0.15, 0.2) is 70.3 Å². The van der Waals surface area contributed by atoms with Crippen molar-refractivity contribution in [3.63, 3.8) is 0 Å². The van der Waals surface area contributed by atoms with Crippen LogP contribution in [0.1, 0.15) is 25.0 Å². The monoisotopic (exact) mass is 417 g/mol. The molecule has 7 heteroatoms. The highest BCUT2D eigenvalue weighted by Gasteiger charge is 2.20. The Labute approximate surface area is 180 Å². The van der Waals surface area contributed by atoms with Gasteiger partial charge in [0, 0.05) is 13.6 Å². The van der Waals surface area contributed by atoms with Crippen molar-refractivity contribution in [2.24, 2.45) is 13.0 Å². The van der Waals surface area contributed by atoms with Crippen LogP contribution in [0.5, 0.6) is 0 Å². The van der Waals surface area contributed by atoms with Gasteiger partial charge in [0.2, 0.25) is 5.95 Å². The summed E-state index contributed by atoms with van der Waals surface area (Å²) in [5, 5.41) is 3.35. The Balaban J connectivity index is 1.91. The van der Waals surface area contributed by atoms with Gasteiger partial charge < -0.3 is 5.32 Å². The molecule has 2 aromatic heterocycles. The lowest BCUT2D eigenvalue weighted by Gasteiger charge is -2.13. The highest BCUT2D eigenvalue weighted by atomic mass is 16.2. The van der Waals surface area contributed by atoms with Crippen molar-refractivity contribution in [1.82, 2.24) is 18.7 Å². The molecule has 2 heterocycles. The van der Waals surface area contributed by atoms with E-state index in [1.165, 1.54) is 9.13 Å². The summed E-state index contributed by atoms with van der Waals surface area (Å²) < 4.78 is 4.63. The molecule has 0 bridgehead atoms. The molecule has 0 saturated heterocycles. The first-order valence-corrected chi connectivity index (χ1v) is 10.5. The van der Waals surface area contributed by atoms with Crippen molar-refractivity contribution >= 4 is 17.1 Å². The van der Waals surface area contributed by atoms with Crippen molar-refractivity contribution in [2.45, 2.75) is 26.9 Å². The summed E-state index contributed by atoms with van der Waals surface area (Å²) in [5.74, 6) is 1.00. The summed E-state index contributed by atoms with van der Waals surface area (Å²) in [7, 11) is 1.66. The summed E-state index contributed by atoms with van der Waals surface area (Å²) in [6.45, 7) is 5.63. The minimum Gasteiger partial charge on any atom is -0.355 e. The van der Waals surface area contributed by atoms with Gasteiger partial charge in [0.15, 0.2) is 11.2 Å². The number of fused-ring (bicyclic) bond motifs is 1. The lowest BCUT2D eigenvalue weighted by Crippen LogP contribution is -2.40. The number of aromatic nitrogens is 4. The first-order valence-electron chi connectivity index (χ1n) is 10.5. The maximum absolute atomic E-state index is 13.5. The third-order valence-corrected chi connectivity index (χ3v) is 5.27. The van der Waals surface area contributed by atoms with E-state index in [4.69, 9.17) is 0 Å². The van der Waals surface area contributed by atoms with E-state index in [9.17, 15) is 9.59 Å². The van der Waals surface area contributed by atoms with Gasteiger partial charge in [0.1, 0.15) is 0 Å². The summed E-state index contributed by atoms with van der Waals surface area (Å²) in [6.07, 6.45) is 0. The summed E-state index contributed by atoms with van der Waals surface area (Å²) in [4.78, 5) is 31.2. The standard InChI is InChI=1S/C24H27N5O2/c1-17(2)14-25-23-26-21-20(28(23)15-18-10-6-4-7-11-18)22(30)29(24(31)27(21)3)16-19-12-8-5-9-13-19/h4-13,17H,14-16H2,1-3H3,(H,25,26). The Morgan fingerprint density at radius 1 is 0.871 bits per heavy atom. The molecule has 0 amide bonds. The van der Waals surface area contributed by atoms with Crippen LogP contribution >= 0.6 is 0 Å². The van der Waals surface area contributed by atoms with Gasteiger partial charge in [-0.05, 0) is 17.0 Å². The Morgan fingerprint density at radius 2 is 1.42 bits per heavy atom. The molecule has 4 rings (SSSR count). The summed E-state index contributed by atoms with van der Waals surface area (Å²) in [5.41, 5.74) is 2.06. The molecule has 0 saturated carbocycles. The molecule has 1 N–H and O–H groups in total. The zero-order valence-electron chi connectivity index (χ0n) is 18.1. The van der Waals surface area contributed by atoms with Crippen LogP contribution in [0.3, 0.4) is 0 Å². The van der Waals surface area contributed by atoms with E-state index in [0.717, 1.165) is 11.1 Å². The molecule has 0 aliphatic rings. The number of anilines is 1. The lowest BCUT2D eigenvalue weighted by atomic mass is 10.2. The van der Waals surface area contributed by atoms with Gasteiger partial charge in [-0.1, -0.05) is 74.5 Å². The van der Waals surface area contributed by atoms with Crippen molar-refractivity contribution in [2.75, 3.05) is 11.9 Å². The Bertz CT molecular complexity index is 1300. The number of imidazole rings is 1. The highest BCUT2D eigenvalue weighted by Crippen LogP contribution is 2.18. The number of nitrogens with one attached hydrogen (secondary N) is 1. The predicted octanol–water partition coefficient (Wildman–Crippen LogP) is 3.06. The molecular weight excluding hydrogens is 390 g/mol. The van der Waals surface area contributed by atoms with E-state index in [0.29, 0.717) is 36.1 Å². The van der Waals surface area contributed by atoms with Gasteiger partial charge in [0.05, 0.1) is 13.1 Å². The zero-order chi connectivity index (χ0) is 22.0. The molecule has 2 aromatic carbocycles. The van der Waals surface area contributed by atoms with E-state index in [-0.39, 0.29) is 17.8 Å². The lowest BCUT2D eigenvalue weighted by molar-refractivity contribution is 0.653. The maximum Gasteiger partial charge on any atom is 0.332 e. The third kappa shape index (κ3) is 4.17. The molecule has 0 unspecified atom stereocenters. The fraction of sp³-hybridized carbons (Fsp3) is 0.292. The smallest absolute Gasteiger partial charge is 0.332 e. The number of hydrogen-bond donors (Lipinski definition) is 1. The fourth-order valence-corrected chi connectivity index (χ4v) is 3.63. The zero-order valence-corrected chi connectivity index (χ0v) is 18.1. The Hall–Kier alpha value is -3.61. The predicted molar refractivity (Wildman–Crippen MR) is 124 cm³/mol. The second-order valence-corrected chi connectivity index (χ2v) is 8.17. The molecule has 4 aromatic rings. The average Bonchev–Trinajstić information content (AvgIpc) is 3.13. The molecule has 7 nitrogen and oxygen atoms in total. The Morgan fingerprint density at radius 3 is 1.97 bits per heavy atom. The van der Waals surface area contributed by atoms with Gasteiger partial charge >= 0.3 is 5.69 Å². The number of hydrogen-bond acceptors (Lipinski definition) is 4. The Kier molecular flexibility index (Phi) is 5.75. The average molecular weight is 418 g/mol. The third-order valence-electron chi connectivity index (χ3n) is 5.27. The van der Waals surface area contributed by atoms with Gasteiger partial charge in [0.25, 0.3) is 5.56 Å². The quantitative estimate of drug-likeness (QED) is 0.502. The van der Waals surface area contributed by atoms with Gasteiger partial charge in [-0.2, -0.15) is 4.98 Å². The molecule has 0 aliphatic heterocycles. The molecule has 0 radical (unpaired) electrons. The molecule has 0 spiro atoms. The number of nitrogens with zero attached hydrogens (tertiary/aromatic N) is 4. The van der Waals surface area contributed by atoms with Gasteiger partial charge in [-0.25, -0.2) is 4.79 Å². The minimum atomic E-state index is -0.374. The van der Waals surface area contributed by atoms with E-state index < -0.39 is 0 Å².